The van der Waals surface area contributed by atoms with Crippen molar-refractivity contribution in [2.75, 3.05) is 18.5 Å². The van der Waals surface area contributed by atoms with Crippen molar-refractivity contribution in [2.45, 2.75) is 6.42 Å². The molecule has 1 aliphatic rings. The first-order valence-electron chi connectivity index (χ1n) is 6.90. The third-order valence-corrected chi connectivity index (χ3v) is 3.12. The maximum atomic E-state index is 12.2. The molecule has 3 rings (SSSR count). The molecule has 1 aromatic heterocycles. The summed E-state index contributed by atoms with van der Waals surface area (Å²) < 4.78 is 11.0. The van der Waals surface area contributed by atoms with Crippen LogP contribution in [0.15, 0.2) is 30.6 Å². The molecule has 0 saturated heterocycles. The van der Waals surface area contributed by atoms with Crippen LogP contribution in [0.2, 0.25) is 0 Å². The van der Waals surface area contributed by atoms with Crippen molar-refractivity contribution in [3.63, 3.8) is 0 Å². The summed E-state index contributed by atoms with van der Waals surface area (Å²) in [6, 6.07) is 4.95. The standard InChI is InChI=1S/C15H13N3O5/c19-14(12-13(15(20)21)17-5-4-16-12)18-9-2-3-10-11(8-9)23-7-1-6-22-10/h2-5,8H,1,6-7H2,(H,18,19)(H,20,21). The summed E-state index contributed by atoms with van der Waals surface area (Å²) >= 11 is 0. The minimum Gasteiger partial charge on any atom is -0.490 e. The number of benzene rings is 1. The van der Waals surface area contributed by atoms with Crippen LogP contribution in [0.25, 0.3) is 0 Å². The van der Waals surface area contributed by atoms with Gasteiger partial charge in [-0.05, 0) is 12.1 Å². The monoisotopic (exact) mass is 315 g/mol. The zero-order valence-electron chi connectivity index (χ0n) is 12.0. The summed E-state index contributed by atoms with van der Waals surface area (Å²) in [6.07, 6.45) is 3.25. The summed E-state index contributed by atoms with van der Waals surface area (Å²) in [6.45, 7) is 1.10. The molecule has 1 aliphatic heterocycles. The second-order valence-electron chi connectivity index (χ2n) is 4.72. The maximum Gasteiger partial charge on any atom is 0.356 e. The molecule has 0 spiro atoms. The third-order valence-electron chi connectivity index (χ3n) is 3.12. The number of aromatic nitrogens is 2. The van der Waals surface area contributed by atoms with Crippen molar-refractivity contribution in [1.29, 1.82) is 0 Å². The van der Waals surface area contributed by atoms with Crippen LogP contribution in [0, 0.1) is 0 Å². The van der Waals surface area contributed by atoms with Crippen LogP contribution >= 0.6 is 0 Å². The summed E-state index contributed by atoms with van der Waals surface area (Å²) in [5.74, 6) is -0.851. The van der Waals surface area contributed by atoms with Crippen LogP contribution in [-0.4, -0.2) is 40.2 Å². The minimum atomic E-state index is -1.32. The fourth-order valence-electron chi connectivity index (χ4n) is 2.09. The van der Waals surface area contributed by atoms with Gasteiger partial charge in [-0.25, -0.2) is 14.8 Å². The first kappa shape index (κ1) is 14.8. The van der Waals surface area contributed by atoms with Crippen LogP contribution in [0.5, 0.6) is 11.5 Å². The van der Waals surface area contributed by atoms with Gasteiger partial charge >= 0.3 is 5.97 Å². The second kappa shape index (κ2) is 6.30. The Morgan fingerprint density at radius 1 is 1.04 bits per heavy atom. The molecule has 0 radical (unpaired) electrons. The van der Waals surface area contributed by atoms with E-state index in [0.29, 0.717) is 30.4 Å². The van der Waals surface area contributed by atoms with Gasteiger partial charge in [-0.15, -0.1) is 0 Å². The SMILES string of the molecule is O=C(O)c1nccnc1C(=O)Nc1ccc2c(c1)OCCCO2. The Balaban J connectivity index is 1.84. The number of nitrogens with zero attached hydrogens (tertiary/aromatic N) is 2. The van der Waals surface area contributed by atoms with Crippen LogP contribution in [0.4, 0.5) is 5.69 Å². The molecule has 8 nitrogen and oxygen atoms in total. The molecule has 0 saturated carbocycles. The summed E-state index contributed by atoms with van der Waals surface area (Å²) in [5, 5.41) is 11.6. The predicted octanol–water partition coefficient (Wildman–Crippen LogP) is 1.59. The number of hydrogen-bond donors (Lipinski definition) is 2. The van der Waals surface area contributed by atoms with Crippen LogP contribution in [0.3, 0.4) is 0 Å². The first-order chi connectivity index (χ1) is 11.1. The van der Waals surface area contributed by atoms with Crippen molar-refractivity contribution >= 4 is 17.6 Å². The molecule has 0 atom stereocenters. The number of aromatic carboxylic acids is 1. The molecular formula is C15H13N3O5. The Hall–Kier alpha value is -3.16. The Morgan fingerprint density at radius 2 is 1.74 bits per heavy atom. The number of carbonyl (C=O) groups is 2. The maximum absolute atomic E-state index is 12.2. The number of carbonyl (C=O) groups excluding carboxylic acids is 1. The highest BCUT2D eigenvalue weighted by molar-refractivity contribution is 6.08. The van der Waals surface area contributed by atoms with Crippen molar-refractivity contribution in [3.8, 4) is 11.5 Å². The molecular weight excluding hydrogens is 302 g/mol. The van der Waals surface area contributed by atoms with E-state index in [1.54, 1.807) is 18.2 Å². The zero-order chi connectivity index (χ0) is 16.2. The van der Waals surface area contributed by atoms with Crippen molar-refractivity contribution in [1.82, 2.24) is 9.97 Å². The van der Waals surface area contributed by atoms with Gasteiger partial charge in [-0.2, -0.15) is 0 Å². The molecule has 23 heavy (non-hydrogen) atoms. The highest BCUT2D eigenvalue weighted by atomic mass is 16.5. The molecule has 1 amide bonds. The minimum absolute atomic E-state index is 0.257. The second-order valence-corrected chi connectivity index (χ2v) is 4.72. The Bertz CT molecular complexity index is 763. The number of amides is 1. The van der Waals surface area contributed by atoms with Crippen LogP contribution in [0.1, 0.15) is 27.4 Å². The summed E-state index contributed by atoms with van der Waals surface area (Å²) in [4.78, 5) is 30.8. The van der Waals surface area contributed by atoms with Gasteiger partial charge in [0.2, 0.25) is 0 Å². The molecule has 1 aromatic carbocycles. The lowest BCUT2D eigenvalue weighted by Crippen LogP contribution is -2.19. The van der Waals surface area contributed by atoms with Gasteiger partial charge in [0.05, 0.1) is 13.2 Å². The Labute approximate surface area is 131 Å². The lowest BCUT2D eigenvalue weighted by molar-refractivity contribution is 0.0685. The van der Waals surface area contributed by atoms with Gasteiger partial charge in [-0.1, -0.05) is 0 Å². The lowest BCUT2D eigenvalue weighted by Gasteiger charge is -2.10. The van der Waals surface area contributed by atoms with E-state index in [1.807, 2.05) is 0 Å². The summed E-state index contributed by atoms with van der Waals surface area (Å²) in [7, 11) is 0. The third kappa shape index (κ3) is 3.20. The number of hydrogen-bond acceptors (Lipinski definition) is 6. The van der Waals surface area contributed by atoms with E-state index in [1.165, 1.54) is 12.4 Å². The summed E-state index contributed by atoms with van der Waals surface area (Å²) in [5.41, 5.74) is -0.215. The Morgan fingerprint density at radius 3 is 2.48 bits per heavy atom. The molecule has 0 unspecified atom stereocenters. The topological polar surface area (TPSA) is 111 Å². The molecule has 0 aliphatic carbocycles. The van der Waals surface area contributed by atoms with E-state index in [-0.39, 0.29) is 5.69 Å². The molecule has 0 fully saturated rings. The van der Waals surface area contributed by atoms with Gasteiger partial charge in [0.25, 0.3) is 5.91 Å². The molecule has 0 bridgehead atoms. The van der Waals surface area contributed by atoms with E-state index in [4.69, 9.17) is 14.6 Å². The molecule has 2 heterocycles. The van der Waals surface area contributed by atoms with Crippen molar-refractivity contribution in [2.24, 2.45) is 0 Å². The normalized spacial score (nSPS) is 13.0. The predicted molar refractivity (Wildman–Crippen MR) is 79.0 cm³/mol. The van der Waals surface area contributed by atoms with Gasteiger partial charge in [0, 0.05) is 30.6 Å². The molecule has 8 heteroatoms. The van der Waals surface area contributed by atoms with E-state index in [9.17, 15) is 9.59 Å². The lowest BCUT2D eigenvalue weighted by atomic mass is 10.2. The molecule has 2 N–H and O–H groups in total. The van der Waals surface area contributed by atoms with Crippen molar-refractivity contribution < 1.29 is 24.2 Å². The fraction of sp³-hybridized carbons (Fsp3) is 0.200. The van der Waals surface area contributed by atoms with Crippen molar-refractivity contribution in [3.05, 3.63) is 42.0 Å². The quantitative estimate of drug-likeness (QED) is 0.884. The molecule has 118 valence electrons. The Kier molecular flexibility index (Phi) is 4.05. The smallest absolute Gasteiger partial charge is 0.356 e. The van der Waals surface area contributed by atoms with Gasteiger partial charge < -0.3 is 19.9 Å². The average Bonchev–Trinajstić information content (AvgIpc) is 2.79. The van der Waals surface area contributed by atoms with E-state index < -0.39 is 17.6 Å². The largest absolute Gasteiger partial charge is 0.490 e. The van der Waals surface area contributed by atoms with Gasteiger partial charge in [-0.3, -0.25) is 4.79 Å². The van der Waals surface area contributed by atoms with Crippen LogP contribution < -0.4 is 14.8 Å². The van der Waals surface area contributed by atoms with Crippen LogP contribution in [-0.2, 0) is 0 Å². The number of carboxylic acid groups (broad SMARTS) is 1. The number of anilines is 1. The molecule has 2 aromatic rings. The number of nitrogens with one attached hydrogen (secondary N) is 1. The zero-order valence-corrected chi connectivity index (χ0v) is 12.0. The number of fused-ring (bicyclic) bond motifs is 1. The highest BCUT2D eigenvalue weighted by Gasteiger charge is 2.20. The van der Waals surface area contributed by atoms with E-state index >= 15 is 0 Å². The average molecular weight is 315 g/mol. The van der Waals surface area contributed by atoms with E-state index in [0.717, 1.165) is 6.42 Å². The number of rotatable bonds is 3. The van der Waals surface area contributed by atoms with Gasteiger partial charge in [0.1, 0.15) is 0 Å². The fourth-order valence-corrected chi connectivity index (χ4v) is 2.09. The van der Waals surface area contributed by atoms with Gasteiger partial charge in [0.15, 0.2) is 22.9 Å². The number of carboxylic acids is 1. The number of ether oxygens (including phenoxy) is 2. The van der Waals surface area contributed by atoms with E-state index in [2.05, 4.69) is 15.3 Å². The highest BCUT2D eigenvalue weighted by Crippen LogP contribution is 2.32. The first-order valence-corrected chi connectivity index (χ1v) is 6.90.